The molecule has 0 aliphatic carbocycles. The predicted octanol–water partition coefficient (Wildman–Crippen LogP) is 5.45. The Kier molecular flexibility index (Phi) is 5.34. The third-order valence-corrected chi connectivity index (χ3v) is 6.03. The molecule has 0 N–H and O–H groups in total. The van der Waals surface area contributed by atoms with Crippen LogP contribution in [0, 0.1) is 6.92 Å². The average Bonchev–Trinajstić information content (AvgIpc) is 2.68. The van der Waals surface area contributed by atoms with Crippen LogP contribution in [0.15, 0.2) is 9.85 Å². The van der Waals surface area contributed by atoms with Crippen LogP contribution in [-0.4, -0.2) is 12.7 Å². The van der Waals surface area contributed by atoms with E-state index < -0.39 is 0 Å². The molecule has 1 aromatic rings. The summed E-state index contributed by atoms with van der Waals surface area (Å²) in [7, 11) is 0. The zero-order valence-corrected chi connectivity index (χ0v) is 13.2. The van der Waals surface area contributed by atoms with Crippen LogP contribution in [-0.2, 0) is 4.74 Å². The zero-order valence-electron chi connectivity index (χ0n) is 10.0. The summed E-state index contributed by atoms with van der Waals surface area (Å²) in [5.74, 6) is 0. The molecular formula is C13H18BrClOS. The minimum absolute atomic E-state index is 0.135. The Morgan fingerprint density at radius 3 is 3.00 bits per heavy atom. The van der Waals surface area contributed by atoms with Crippen molar-refractivity contribution in [2.75, 3.05) is 6.61 Å². The van der Waals surface area contributed by atoms with Crippen LogP contribution in [0.5, 0.6) is 0 Å². The molecule has 2 heterocycles. The van der Waals surface area contributed by atoms with Gasteiger partial charge in [0.15, 0.2) is 0 Å². The topological polar surface area (TPSA) is 9.23 Å². The van der Waals surface area contributed by atoms with Crippen molar-refractivity contribution in [3.05, 3.63) is 20.3 Å². The maximum Gasteiger partial charge on any atom is 0.0731 e. The molecule has 1 aromatic heterocycles. The molecule has 0 saturated carbocycles. The molecule has 2 unspecified atom stereocenters. The number of hydrogen-bond acceptors (Lipinski definition) is 2. The molecule has 1 aliphatic heterocycles. The molecule has 0 aromatic carbocycles. The molecular weight excluding hydrogens is 320 g/mol. The predicted molar refractivity (Wildman–Crippen MR) is 78.2 cm³/mol. The molecule has 1 nitrogen and oxygen atoms in total. The summed E-state index contributed by atoms with van der Waals surface area (Å²) >= 11 is 11.7. The second-order valence-corrected chi connectivity index (χ2v) is 7.57. The molecule has 0 bridgehead atoms. The van der Waals surface area contributed by atoms with Crippen molar-refractivity contribution in [3.63, 3.8) is 0 Å². The Hall–Kier alpha value is 0.430. The molecule has 0 amide bonds. The fourth-order valence-corrected chi connectivity index (χ4v) is 4.05. The summed E-state index contributed by atoms with van der Waals surface area (Å²) in [5, 5.41) is 0.135. The summed E-state index contributed by atoms with van der Waals surface area (Å²) < 4.78 is 6.93. The lowest BCUT2D eigenvalue weighted by Crippen LogP contribution is -2.19. The number of ether oxygens (including phenoxy) is 1. The molecule has 17 heavy (non-hydrogen) atoms. The first-order valence-electron chi connectivity index (χ1n) is 6.18. The Morgan fingerprint density at radius 1 is 1.59 bits per heavy atom. The van der Waals surface area contributed by atoms with Crippen LogP contribution in [0.25, 0.3) is 0 Å². The molecule has 96 valence electrons. The third-order valence-electron chi connectivity index (χ3n) is 3.20. The minimum atomic E-state index is 0.135. The number of rotatable bonds is 4. The Labute approximate surface area is 121 Å². The monoisotopic (exact) mass is 336 g/mol. The Bertz CT molecular complexity index is 341. The van der Waals surface area contributed by atoms with Crippen molar-refractivity contribution in [2.24, 2.45) is 0 Å². The zero-order chi connectivity index (χ0) is 12.3. The van der Waals surface area contributed by atoms with Gasteiger partial charge in [-0.25, -0.2) is 0 Å². The first-order chi connectivity index (χ1) is 8.16. The second-order valence-electron chi connectivity index (χ2n) is 4.64. The lowest BCUT2D eigenvalue weighted by atomic mass is 10.0. The molecule has 1 saturated heterocycles. The van der Waals surface area contributed by atoms with Crippen LogP contribution < -0.4 is 0 Å². The van der Waals surface area contributed by atoms with Crippen LogP contribution in [0.1, 0.15) is 47.9 Å². The average molecular weight is 338 g/mol. The molecule has 0 spiro atoms. The van der Waals surface area contributed by atoms with Crippen molar-refractivity contribution in [1.82, 2.24) is 0 Å². The number of alkyl halides is 1. The van der Waals surface area contributed by atoms with Crippen molar-refractivity contribution >= 4 is 38.9 Å². The highest BCUT2D eigenvalue weighted by atomic mass is 79.9. The Balaban J connectivity index is 1.82. The maximum atomic E-state index is 6.44. The smallest absolute Gasteiger partial charge is 0.0731 e. The SMILES string of the molecule is Cc1cc(C(Cl)CCC2CCCCO2)sc1Br. The Morgan fingerprint density at radius 2 is 2.41 bits per heavy atom. The van der Waals surface area contributed by atoms with Gasteiger partial charge >= 0.3 is 0 Å². The first-order valence-corrected chi connectivity index (χ1v) is 8.23. The van der Waals surface area contributed by atoms with Gasteiger partial charge in [0, 0.05) is 11.5 Å². The van der Waals surface area contributed by atoms with Gasteiger partial charge in [-0.15, -0.1) is 22.9 Å². The summed E-state index contributed by atoms with van der Waals surface area (Å²) in [5.41, 5.74) is 1.28. The van der Waals surface area contributed by atoms with E-state index >= 15 is 0 Å². The molecule has 0 radical (unpaired) electrons. The van der Waals surface area contributed by atoms with Crippen molar-refractivity contribution < 1.29 is 4.74 Å². The number of hydrogen-bond donors (Lipinski definition) is 0. The van der Waals surface area contributed by atoms with Gasteiger partial charge in [-0.1, -0.05) is 0 Å². The normalized spacial score (nSPS) is 22.6. The summed E-state index contributed by atoms with van der Waals surface area (Å²) in [6, 6.07) is 2.19. The van der Waals surface area contributed by atoms with Gasteiger partial charge in [0.25, 0.3) is 0 Å². The van der Waals surface area contributed by atoms with Crippen molar-refractivity contribution in [3.8, 4) is 0 Å². The summed E-state index contributed by atoms with van der Waals surface area (Å²) in [6.45, 7) is 3.04. The highest BCUT2D eigenvalue weighted by Gasteiger charge is 2.18. The van der Waals surface area contributed by atoms with E-state index in [-0.39, 0.29) is 5.38 Å². The maximum absolute atomic E-state index is 6.44. The van der Waals surface area contributed by atoms with Gasteiger partial charge in [-0.2, -0.15) is 0 Å². The van der Waals surface area contributed by atoms with Gasteiger partial charge in [0.1, 0.15) is 0 Å². The van der Waals surface area contributed by atoms with Gasteiger partial charge in [0.2, 0.25) is 0 Å². The molecule has 4 heteroatoms. The van der Waals surface area contributed by atoms with E-state index in [9.17, 15) is 0 Å². The van der Waals surface area contributed by atoms with Gasteiger partial charge in [-0.3, -0.25) is 0 Å². The molecule has 1 aliphatic rings. The summed E-state index contributed by atoms with van der Waals surface area (Å²) in [6.07, 6.45) is 6.27. The first kappa shape index (κ1) is 13.9. The van der Waals surface area contributed by atoms with E-state index in [1.54, 1.807) is 11.3 Å². The third kappa shape index (κ3) is 3.95. The quantitative estimate of drug-likeness (QED) is 0.664. The van der Waals surface area contributed by atoms with Crippen LogP contribution in [0.4, 0.5) is 0 Å². The number of thiophene rings is 1. The minimum Gasteiger partial charge on any atom is -0.378 e. The van der Waals surface area contributed by atoms with Crippen LogP contribution in [0.2, 0.25) is 0 Å². The highest BCUT2D eigenvalue weighted by Crippen LogP contribution is 2.37. The second kappa shape index (κ2) is 6.55. The van der Waals surface area contributed by atoms with E-state index in [1.165, 1.54) is 33.5 Å². The largest absolute Gasteiger partial charge is 0.378 e. The van der Waals surface area contributed by atoms with Crippen LogP contribution in [0.3, 0.4) is 0 Å². The van der Waals surface area contributed by atoms with E-state index in [0.29, 0.717) is 6.10 Å². The van der Waals surface area contributed by atoms with E-state index in [4.69, 9.17) is 16.3 Å². The molecule has 1 fully saturated rings. The lowest BCUT2D eigenvalue weighted by Gasteiger charge is -2.23. The van der Waals surface area contributed by atoms with E-state index in [1.807, 2.05) is 0 Å². The summed E-state index contributed by atoms with van der Waals surface area (Å²) in [4.78, 5) is 1.27. The van der Waals surface area contributed by atoms with Gasteiger partial charge in [0.05, 0.1) is 15.3 Å². The van der Waals surface area contributed by atoms with E-state index in [2.05, 4.69) is 28.9 Å². The van der Waals surface area contributed by atoms with Crippen molar-refractivity contribution in [2.45, 2.75) is 50.5 Å². The van der Waals surface area contributed by atoms with Crippen LogP contribution >= 0.6 is 38.9 Å². The number of aryl methyl sites for hydroxylation is 1. The van der Waals surface area contributed by atoms with Gasteiger partial charge < -0.3 is 4.74 Å². The van der Waals surface area contributed by atoms with E-state index in [0.717, 1.165) is 19.4 Å². The standard InChI is InChI=1S/C13H18BrClOS/c1-9-8-12(17-13(9)14)11(15)6-5-10-4-2-3-7-16-10/h8,10-11H,2-7H2,1H3. The highest BCUT2D eigenvalue weighted by molar-refractivity contribution is 9.11. The molecule has 2 atom stereocenters. The van der Waals surface area contributed by atoms with Gasteiger partial charge in [-0.05, 0) is 66.6 Å². The lowest BCUT2D eigenvalue weighted by molar-refractivity contribution is 0.0100. The fraction of sp³-hybridized carbons (Fsp3) is 0.692. The molecule has 2 rings (SSSR count). The van der Waals surface area contributed by atoms with Crippen molar-refractivity contribution in [1.29, 1.82) is 0 Å². The number of halogens is 2. The fourth-order valence-electron chi connectivity index (χ4n) is 2.15.